The van der Waals surface area contributed by atoms with Gasteiger partial charge in [0.2, 0.25) is 0 Å². The summed E-state index contributed by atoms with van der Waals surface area (Å²) in [6.45, 7) is 4.66. The Labute approximate surface area is 200 Å². The molecule has 7 nitrogen and oxygen atoms in total. The quantitative estimate of drug-likeness (QED) is 0.248. The highest BCUT2D eigenvalue weighted by atomic mass is 127. The molecule has 0 aliphatic heterocycles. The largest absolute Gasteiger partial charge is 0.497 e. The van der Waals surface area contributed by atoms with E-state index >= 15 is 0 Å². The molecule has 8 heteroatoms. The normalized spacial score (nSPS) is 10.9. The van der Waals surface area contributed by atoms with Crippen LogP contribution in [0, 0.1) is 0 Å². The molecule has 1 heterocycles. The first-order chi connectivity index (χ1) is 14.7. The lowest BCUT2D eigenvalue weighted by molar-refractivity contribution is 0.391. The fraction of sp³-hybridized carbons (Fsp3) is 0.304. The number of rotatable bonds is 9. The molecular weight excluding hydrogens is 505 g/mol. The molecule has 0 aliphatic rings. The summed E-state index contributed by atoms with van der Waals surface area (Å²) in [5.41, 5.74) is 2.23. The van der Waals surface area contributed by atoms with Crippen LogP contribution in [0.1, 0.15) is 23.9 Å². The smallest absolute Gasteiger partial charge is 0.191 e. The van der Waals surface area contributed by atoms with E-state index in [-0.39, 0.29) is 24.0 Å². The molecule has 0 amide bonds. The number of nitrogens with one attached hydrogen (secondary N) is 2. The number of hydrogen-bond donors (Lipinski definition) is 2. The van der Waals surface area contributed by atoms with E-state index in [0.717, 1.165) is 41.9 Å². The van der Waals surface area contributed by atoms with Gasteiger partial charge in [0.1, 0.15) is 17.3 Å². The van der Waals surface area contributed by atoms with Crippen LogP contribution in [0.5, 0.6) is 11.5 Å². The van der Waals surface area contributed by atoms with Crippen LogP contribution >= 0.6 is 24.0 Å². The van der Waals surface area contributed by atoms with Crippen molar-refractivity contribution in [2.24, 2.45) is 4.99 Å². The van der Waals surface area contributed by atoms with Gasteiger partial charge in [-0.3, -0.25) is 0 Å². The van der Waals surface area contributed by atoms with E-state index in [4.69, 9.17) is 14.5 Å². The fourth-order valence-corrected chi connectivity index (χ4v) is 3.08. The Hall–Kier alpha value is -2.75. The van der Waals surface area contributed by atoms with Crippen LogP contribution in [0.2, 0.25) is 0 Å². The lowest BCUT2D eigenvalue weighted by Crippen LogP contribution is -2.37. The number of imidazole rings is 1. The number of halogens is 1. The van der Waals surface area contributed by atoms with Gasteiger partial charge in [-0.25, -0.2) is 9.98 Å². The van der Waals surface area contributed by atoms with Gasteiger partial charge < -0.3 is 24.7 Å². The molecule has 0 spiro atoms. The van der Waals surface area contributed by atoms with E-state index in [9.17, 15) is 0 Å². The SMILES string of the molecule is CCNC(=NCc1ccc(OC)cc1OC)NCc1nccn1Cc1ccccc1.I. The summed E-state index contributed by atoms with van der Waals surface area (Å²) < 4.78 is 12.9. The number of guanidine groups is 1. The predicted octanol–water partition coefficient (Wildman–Crippen LogP) is 3.82. The molecule has 0 bridgehead atoms. The first-order valence-corrected chi connectivity index (χ1v) is 10.0. The van der Waals surface area contributed by atoms with Crippen molar-refractivity contribution in [1.29, 1.82) is 0 Å². The standard InChI is InChI=1S/C23H29N5O2.HI/c1-4-24-23(26-15-19-10-11-20(29-2)14-21(19)30-3)27-16-22-25-12-13-28(22)17-18-8-6-5-7-9-18;/h5-14H,4,15-17H2,1-3H3,(H2,24,26,27);1H. The molecule has 166 valence electrons. The van der Waals surface area contributed by atoms with E-state index in [0.29, 0.717) is 13.1 Å². The molecule has 3 aromatic rings. The summed E-state index contributed by atoms with van der Waals surface area (Å²) in [5.74, 6) is 3.19. The number of aliphatic imine (C=N–C) groups is 1. The number of methoxy groups -OCH3 is 2. The summed E-state index contributed by atoms with van der Waals surface area (Å²) in [7, 11) is 3.29. The van der Waals surface area contributed by atoms with Crippen molar-refractivity contribution in [2.45, 2.75) is 26.6 Å². The van der Waals surface area contributed by atoms with Crippen molar-refractivity contribution in [3.05, 3.63) is 77.9 Å². The summed E-state index contributed by atoms with van der Waals surface area (Å²) in [6, 6.07) is 16.1. The Morgan fingerprint density at radius 2 is 1.87 bits per heavy atom. The maximum atomic E-state index is 5.47. The van der Waals surface area contributed by atoms with Gasteiger partial charge in [-0.2, -0.15) is 0 Å². The van der Waals surface area contributed by atoms with Gasteiger partial charge in [0, 0.05) is 37.1 Å². The summed E-state index contributed by atoms with van der Waals surface area (Å²) >= 11 is 0. The molecule has 2 N–H and O–H groups in total. The Morgan fingerprint density at radius 1 is 1.06 bits per heavy atom. The van der Waals surface area contributed by atoms with Crippen LogP contribution in [0.3, 0.4) is 0 Å². The van der Waals surface area contributed by atoms with Gasteiger partial charge in [0.15, 0.2) is 5.96 Å². The van der Waals surface area contributed by atoms with E-state index in [1.54, 1.807) is 14.2 Å². The maximum absolute atomic E-state index is 5.47. The maximum Gasteiger partial charge on any atom is 0.191 e. The monoisotopic (exact) mass is 535 g/mol. The average Bonchev–Trinajstić information content (AvgIpc) is 3.23. The molecule has 0 aliphatic carbocycles. The molecule has 2 aromatic carbocycles. The van der Waals surface area contributed by atoms with E-state index in [2.05, 4.69) is 32.3 Å². The molecule has 3 rings (SSSR count). The lowest BCUT2D eigenvalue weighted by Gasteiger charge is -2.14. The molecule has 0 fully saturated rings. The molecule has 0 unspecified atom stereocenters. The summed E-state index contributed by atoms with van der Waals surface area (Å²) in [4.78, 5) is 9.19. The molecule has 1 aromatic heterocycles. The molecule has 0 atom stereocenters. The Balaban J connectivity index is 0.00000341. The second kappa shape index (κ2) is 12.8. The van der Waals surface area contributed by atoms with Crippen molar-refractivity contribution >= 4 is 29.9 Å². The topological polar surface area (TPSA) is 72.7 Å². The van der Waals surface area contributed by atoms with Gasteiger partial charge in [0.05, 0.1) is 27.3 Å². The minimum absolute atomic E-state index is 0. The number of benzene rings is 2. The zero-order valence-electron chi connectivity index (χ0n) is 18.2. The third-order valence-electron chi connectivity index (χ3n) is 4.66. The Morgan fingerprint density at radius 3 is 2.58 bits per heavy atom. The molecule has 0 radical (unpaired) electrons. The van der Waals surface area contributed by atoms with E-state index in [1.165, 1.54) is 5.56 Å². The molecule has 0 saturated carbocycles. The van der Waals surface area contributed by atoms with Gasteiger partial charge >= 0.3 is 0 Å². The van der Waals surface area contributed by atoms with E-state index in [1.807, 2.05) is 55.7 Å². The van der Waals surface area contributed by atoms with Crippen molar-refractivity contribution in [2.75, 3.05) is 20.8 Å². The van der Waals surface area contributed by atoms with Crippen molar-refractivity contribution in [1.82, 2.24) is 20.2 Å². The second-order valence-electron chi connectivity index (χ2n) is 6.68. The predicted molar refractivity (Wildman–Crippen MR) is 134 cm³/mol. The van der Waals surface area contributed by atoms with Gasteiger partial charge in [-0.1, -0.05) is 30.3 Å². The first kappa shape index (κ1) is 24.5. The zero-order chi connectivity index (χ0) is 21.2. The minimum Gasteiger partial charge on any atom is -0.497 e. The number of nitrogens with zero attached hydrogens (tertiary/aromatic N) is 3. The number of ether oxygens (including phenoxy) is 2. The number of hydrogen-bond acceptors (Lipinski definition) is 4. The summed E-state index contributed by atoms with van der Waals surface area (Å²) in [6.07, 6.45) is 3.82. The van der Waals surface area contributed by atoms with Crippen molar-refractivity contribution in [3.63, 3.8) is 0 Å². The Bertz CT molecular complexity index is 960. The van der Waals surface area contributed by atoms with Gasteiger partial charge in [-0.05, 0) is 24.6 Å². The van der Waals surface area contributed by atoms with Crippen LogP contribution in [0.4, 0.5) is 0 Å². The molecular formula is C23H30IN5O2. The molecule has 0 saturated heterocycles. The zero-order valence-corrected chi connectivity index (χ0v) is 20.5. The van der Waals surface area contributed by atoms with Crippen LogP contribution in [-0.4, -0.2) is 36.3 Å². The highest BCUT2D eigenvalue weighted by molar-refractivity contribution is 14.0. The van der Waals surface area contributed by atoms with Gasteiger partial charge in [0.25, 0.3) is 0 Å². The second-order valence-corrected chi connectivity index (χ2v) is 6.68. The fourth-order valence-electron chi connectivity index (χ4n) is 3.08. The third-order valence-corrected chi connectivity index (χ3v) is 4.66. The van der Waals surface area contributed by atoms with Crippen LogP contribution in [0.25, 0.3) is 0 Å². The minimum atomic E-state index is 0. The highest BCUT2D eigenvalue weighted by Gasteiger charge is 2.07. The van der Waals surface area contributed by atoms with Crippen molar-refractivity contribution < 1.29 is 9.47 Å². The van der Waals surface area contributed by atoms with Crippen LogP contribution in [0.15, 0.2) is 65.9 Å². The summed E-state index contributed by atoms with van der Waals surface area (Å²) in [5, 5.41) is 6.65. The third kappa shape index (κ3) is 7.16. The van der Waals surface area contributed by atoms with E-state index < -0.39 is 0 Å². The van der Waals surface area contributed by atoms with Crippen LogP contribution in [-0.2, 0) is 19.6 Å². The van der Waals surface area contributed by atoms with Crippen LogP contribution < -0.4 is 20.1 Å². The lowest BCUT2D eigenvalue weighted by atomic mass is 10.2. The van der Waals surface area contributed by atoms with Crippen molar-refractivity contribution in [3.8, 4) is 11.5 Å². The highest BCUT2D eigenvalue weighted by Crippen LogP contribution is 2.25. The average molecular weight is 535 g/mol. The Kier molecular flexibility index (Phi) is 10.2. The molecule has 31 heavy (non-hydrogen) atoms. The number of aromatic nitrogens is 2. The first-order valence-electron chi connectivity index (χ1n) is 10.0. The van der Waals surface area contributed by atoms with Gasteiger partial charge in [-0.15, -0.1) is 24.0 Å².